The summed E-state index contributed by atoms with van der Waals surface area (Å²) in [6.45, 7) is 2.03. The lowest BCUT2D eigenvalue weighted by Crippen LogP contribution is -2.23. The van der Waals surface area contributed by atoms with E-state index in [4.69, 9.17) is 0 Å². The number of hydrogen-bond acceptors (Lipinski definition) is 6. The molecule has 4 heterocycles. The van der Waals surface area contributed by atoms with E-state index in [2.05, 4.69) is 19.9 Å². The Kier molecular flexibility index (Phi) is 6.42. The molecule has 0 atom stereocenters. The monoisotopic (exact) mass is 558 g/mol. The fraction of sp³-hybridized carbons (Fsp3) is 0.212. The highest BCUT2D eigenvalue weighted by Gasteiger charge is 2.29. The molecule has 6 aromatic rings. The van der Waals surface area contributed by atoms with Gasteiger partial charge in [-0.25, -0.2) is 24.3 Å². The summed E-state index contributed by atoms with van der Waals surface area (Å²) in [5.74, 6) is -0.330. The molecule has 0 unspecified atom stereocenters. The molecular formula is C33H27FN6O2. The molecule has 0 aliphatic heterocycles. The van der Waals surface area contributed by atoms with Crippen molar-refractivity contribution in [2.75, 3.05) is 0 Å². The molecule has 0 N–H and O–H groups in total. The second-order valence-corrected chi connectivity index (χ2v) is 10.8. The number of halogens is 1. The lowest BCUT2D eigenvalue weighted by Gasteiger charge is -2.10. The minimum absolute atomic E-state index is 0.0347. The first-order valence-corrected chi connectivity index (χ1v) is 14.1. The molecule has 2 fully saturated rings. The molecule has 2 saturated carbocycles. The van der Waals surface area contributed by atoms with Gasteiger partial charge in [0.15, 0.2) is 11.3 Å². The molecule has 0 amide bonds. The maximum atomic E-state index is 13.1. The second kappa shape index (κ2) is 10.4. The first-order valence-electron chi connectivity index (χ1n) is 14.1. The summed E-state index contributed by atoms with van der Waals surface area (Å²) < 4.78 is 16.6. The van der Waals surface area contributed by atoms with E-state index in [1.165, 1.54) is 17.7 Å². The van der Waals surface area contributed by atoms with Crippen molar-refractivity contribution in [3.05, 3.63) is 117 Å². The van der Waals surface area contributed by atoms with Crippen LogP contribution in [0.4, 0.5) is 4.39 Å². The maximum Gasteiger partial charge on any atom is 0.278 e. The van der Waals surface area contributed by atoms with E-state index < -0.39 is 0 Å². The summed E-state index contributed by atoms with van der Waals surface area (Å²) in [7, 11) is 0. The molecule has 42 heavy (non-hydrogen) atoms. The summed E-state index contributed by atoms with van der Waals surface area (Å²) in [5, 5.41) is 0. The van der Waals surface area contributed by atoms with Crippen molar-refractivity contribution in [2.45, 2.75) is 44.7 Å². The zero-order chi connectivity index (χ0) is 28.8. The summed E-state index contributed by atoms with van der Waals surface area (Å²) in [6, 6.07) is 21.7. The average molecular weight is 559 g/mol. The Labute approximate surface area is 240 Å². The maximum absolute atomic E-state index is 13.1. The highest BCUT2D eigenvalue weighted by Crippen LogP contribution is 2.36. The third-order valence-corrected chi connectivity index (χ3v) is 7.56. The highest BCUT2D eigenvalue weighted by atomic mass is 19.1. The Morgan fingerprint density at radius 3 is 1.50 bits per heavy atom. The number of benzene rings is 2. The van der Waals surface area contributed by atoms with Crippen LogP contribution in [0.2, 0.25) is 0 Å². The topological polar surface area (TPSA) is 95.6 Å². The highest BCUT2D eigenvalue weighted by molar-refractivity contribution is 5.75. The smallest absolute Gasteiger partial charge is 0.278 e. The van der Waals surface area contributed by atoms with Crippen molar-refractivity contribution < 1.29 is 4.39 Å². The number of aryl methyl sites for hydroxylation is 1. The van der Waals surface area contributed by atoms with E-state index in [1.54, 1.807) is 35.2 Å². The quantitative estimate of drug-likeness (QED) is 0.262. The Balaban J connectivity index is 0.000000137. The van der Waals surface area contributed by atoms with E-state index in [0.29, 0.717) is 33.8 Å². The van der Waals surface area contributed by atoms with E-state index >= 15 is 0 Å². The second-order valence-electron chi connectivity index (χ2n) is 10.8. The fourth-order valence-corrected chi connectivity index (χ4v) is 5.12. The van der Waals surface area contributed by atoms with Crippen LogP contribution in [0.25, 0.3) is 44.8 Å². The van der Waals surface area contributed by atoms with Crippen molar-refractivity contribution >= 4 is 22.3 Å². The van der Waals surface area contributed by atoms with Gasteiger partial charge in [-0.1, -0.05) is 29.8 Å². The number of pyridine rings is 2. The minimum atomic E-state index is -0.330. The van der Waals surface area contributed by atoms with Crippen molar-refractivity contribution in [3.8, 4) is 22.5 Å². The zero-order valence-electron chi connectivity index (χ0n) is 22.9. The van der Waals surface area contributed by atoms with Gasteiger partial charge < -0.3 is 0 Å². The van der Waals surface area contributed by atoms with Crippen LogP contribution in [-0.4, -0.2) is 29.1 Å². The Bertz CT molecular complexity index is 1910. The summed E-state index contributed by atoms with van der Waals surface area (Å²) in [6.07, 6.45) is 7.44. The lowest BCUT2D eigenvalue weighted by molar-refractivity contribution is 0.628. The van der Waals surface area contributed by atoms with E-state index in [9.17, 15) is 14.0 Å². The first kappa shape index (κ1) is 25.9. The van der Waals surface area contributed by atoms with Gasteiger partial charge in [0, 0.05) is 35.6 Å². The van der Waals surface area contributed by atoms with Crippen LogP contribution in [-0.2, 0) is 0 Å². The number of nitrogens with zero attached hydrogens (tertiary/aromatic N) is 6. The molecule has 8 rings (SSSR count). The van der Waals surface area contributed by atoms with Gasteiger partial charge in [-0.2, -0.15) is 0 Å². The normalized spacial score (nSPS) is 14.5. The number of aromatic nitrogens is 6. The van der Waals surface area contributed by atoms with Gasteiger partial charge in [0.25, 0.3) is 11.1 Å². The first-order chi connectivity index (χ1) is 20.5. The lowest BCUT2D eigenvalue weighted by atomic mass is 10.1. The molecule has 2 aliphatic carbocycles. The van der Waals surface area contributed by atoms with Gasteiger partial charge in [0.2, 0.25) is 0 Å². The fourth-order valence-electron chi connectivity index (χ4n) is 5.12. The predicted octanol–water partition coefficient (Wildman–Crippen LogP) is 6.03. The molecule has 0 bridgehead atoms. The molecule has 4 aromatic heterocycles. The SMILES string of the molecule is Cc1ccc(-c2nc3cccnc3n(C3CC3)c2=O)cc1.O=c1c(-c2ccc(F)cc2)nc2cccnc2n1C1CC1. The summed E-state index contributed by atoms with van der Waals surface area (Å²) >= 11 is 0. The number of rotatable bonds is 4. The van der Waals surface area contributed by atoms with Crippen molar-refractivity contribution in [1.82, 2.24) is 29.1 Å². The van der Waals surface area contributed by atoms with E-state index in [1.807, 2.05) is 54.0 Å². The molecule has 0 radical (unpaired) electrons. The molecule has 2 aromatic carbocycles. The van der Waals surface area contributed by atoms with Crippen LogP contribution in [0.3, 0.4) is 0 Å². The Morgan fingerprint density at radius 2 is 1.07 bits per heavy atom. The minimum Gasteiger partial charge on any atom is -0.286 e. The number of fused-ring (bicyclic) bond motifs is 2. The van der Waals surface area contributed by atoms with Gasteiger partial charge in [0.05, 0.1) is 0 Å². The molecule has 208 valence electrons. The standard InChI is InChI=1S/C17H15N3O.C16H12FN3O/c1-11-4-6-12(7-5-11)15-17(21)20(13-8-9-13)16-14(19-15)3-2-10-18-16;17-11-5-3-10(4-6-11)14-16(21)20(12-7-8-12)15-13(19-14)2-1-9-18-15/h2-7,10,13H,8-9H2,1H3;1-6,9,12H,7-8H2. The van der Waals surface area contributed by atoms with Crippen LogP contribution < -0.4 is 11.1 Å². The Hall–Kier alpha value is -5.05. The largest absolute Gasteiger partial charge is 0.286 e. The van der Waals surface area contributed by atoms with Crippen LogP contribution in [0, 0.1) is 12.7 Å². The van der Waals surface area contributed by atoms with Crippen LogP contribution in [0.15, 0.2) is 94.8 Å². The number of hydrogen-bond donors (Lipinski definition) is 0. The molecule has 0 saturated heterocycles. The zero-order valence-corrected chi connectivity index (χ0v) is 22.9. The third-order valence-electron chi connectivity index (χ3n) is 7.56. The van der Waals surface area contributed by atoms with E-state index in [0.717, 1.165) is 36.8 Å². The van der Waals surface area contributed by atoms with Gasteiger partial charge >= 0.3 is 0 Å². The Morgan fingerprint density at radius 1 is 0.643 bits per heavy atom. The van der Waals surface area contributed by atoms with Crippen LogP contribution in [0.5, 0.6) is 0 Å². The molecular weight excluding hydrogens is 531 g/mol. The van der Waals surface area contributed by atoms with Gasteiger partial charge in [-0.15, -0.1) is 0 Å². The molecule has 0 spiro atoms. The molecule has 8 nitrogen and oxygen atoms in total. The summed E-state index contributed by atoms with van der Waals surface area (Å²) in [5.41, 5.74) is 6.11. The van der Waals surface area contributed by atoms with Crippen LogP contribution >= 0.6 is 0 Å². The van der Waals surface area contributed by atoms with Crippen molar-refractivity contribution in [2.24, 2.45) is 0 Å². The average Bonchev–Trinajstić information content (AvgIpc) is 3.94. The van der Waals surface area contributed by atoms with Gasteiger partial charge in [-0.05, 0) is 81.1 Å². The summed E-state index contributed by atoms with van der Waals surface area (Å²) in [4.78, 5) is 43.1. The molecule has 9 heteroatoms. The van der Waals surface area contributed by atoms with Crippen molar-refractivity contribution in [3.63, 3.8) is 0 Å². The third kappa shape index (κ3) is 4.87. The van der Waals surface area contributed by atoms with Crippen molar-refractivity contribution in [1.29, 1.82) is 0 Å². The van der Waals surface area contributed by atoms with Gasteiger partial charge in [-0.3, -0.25) is 18.7 Å². The van der Waals surface area contributed by atoms with Crippen LogP contribution in [0.1, 0.15) is 43.3 Å². The predicted molar refractivity (Wildman–Crippen MR) is 160 cm³/mol. The molecule has 2 aliphatic rings. The van der Waals surface area contributed by atoms with E-state index in [-0.39, 0.29) is 29.0 Å². The van der Waals surface area contributed by atoms with Gasteiger partial charge in [0.1, 0.15) is 28.2 Å².